The Morgan fingerprint density at radius 3 is 2.66 bits per heavy atom. The van der Waals surface area contributed by atoms with Gasteiger partial charge in [0.25, 0.3) is 16.0 Å². The number of nitrogens with one attached hydrogen (secondary N) is 2. The maximum atomic E-state index is 14.0. The molecule has 0 saturated heterocycles. The van der Waals surface area contributed by atoms with Gasteiger partial charge in [-0.3, -0.25) is 4.72 Å². The maximum absolute atomic E-state index is 14.0. The molecule has 0 saturated carbocycles. The molecule has 6 nitrogen and oxygen atoms in total. The molecule has 2 heterocycles. The number of alkyl halides is 4. The topological polar surface area (TPSA) is 84.1 Å². The average molecular weight is 443 g/mol. The number of anilines is 1. The molecule has 0 bridgehead atoms. The van der Waals surface area contributed by atoms with Gasteiger partial charge < -0.3 is 9.72 Å². The summed E-state index contributed by atoms with van der Waals surface area (Å²) in [5.41, 5.74) is 0.569. The highest BCUT2D eigenvalue weighted by molar-refractivity contribution is 7.92. The van der Waals surface area contributed by atoms with E-state index in [0.29, 0.717) is 5.69 Å². The molecule has 2 aromatic heterocycles. The largest absolute Gasteiger partial charge is 0.430 e. The van der Waals surface area contributed by atoms with Crippen molar-refractivity contribution in [3.63, 3.8) is 0 Å². The first kappa shape index (κ1) is 21.3. The van der Waals surface area contributed by atoms with Gasteiger partial charge in [-0.05, 0) is 31.7 Å². The number of nitrogens with zero attached hydrogens (tertiary/aromatic N) is 1. The number of aromatic amines is 1. The van der Waals surface area contributed by atoms with E-state index >= 15 is 0 Å². The van der Waals surface area contributed by atoms with Crippen LogP contribution in [0.4, 0.5) is 32.2 Å². The molecule has 0 fully saturated rings. The number of hydrogen-bond donors (Lipinski definition) is 2. The maximum Gasteiger partial charge on any atom is 0.387 e. The summed E-state index contributed by atoms with van der Waals surface area (Å²) >= 11 is 0. The van der Waals surface area contributed by atoms with Crippen molar-refractivity contribution in [1.82, 2.24) is 9.97 Å². The Morgan fingerprint density at radius 2 is 2.03 bits per heavy atom. The highest BCUT2D eigenvalue weighted by atomic mass is 32.2. The second kappa shape index (κ2) is 7.43. The van der Waals surface area contributed by atoms with Crippen LogP contribution in [0.15, 0.2) is 17.2 Å². The van der Waals surface area contributed by atoms with E-state index < -0.39 is 51.8 Å². The number of H-pyrrole nitrogens is 1. The molecule has 29 heavy (non-hydrogen) atoms. The number of hydrogen-bond acceptors (Lipinski definition) is 4. The second-order valence-corrected chi connectivity index (χ2v) is 8.25. The van der Waals surface area contributed by atoms with Crippen LogP contribution in [-0.2, 0) is 22.9 Å². The van der Waals surface area contributed by atoms with E-state index in [1.165, 1.54) is 0 Å². The van der Waals surface area contributed by atoms with E-state index in [1.54, 1.807) is 4.72 Å². The Morgan fingerprint density at radius 1 is 1.34 bits per heavy atom. The van der Waals surface area contributed by atoms with Crippen molar-refractivity contribution >= 4 is 15.8 Å². The third kappa shape index (κ3) is 4.43. The molecule has 3 rings (SSSR count). The summed E-state index contributed by atoms with van der Waals surface area (Å²) in [6.45, 7) is -2.64. The lowest BCUT2D eigenvalue weighted by Gasteiger charge is -2.27. The molecule has 0 aromatic carbocycles. The van der Waals surface area contributed by atoms with Crippen molar-refractivity contribution in [2.24, 2.45) is 5.92 Å². The van der Waals surface area contributed by atoms with Gasteiger partial charge in [0.1, 0.15) is 4.90 Å². The van der Waals surface area contributed by atoms with Gasteiger partial charge >= 0.3 is 6.61 Å². The zero-order chi connectivity index (χ0) is 21.6. The summed E-state index contributed by atoms with van der Waals surface area (Å²) in [5, 5.41) is 0. The smallest absolute Gasteiger partial charge is 0.387 e. The lowest BCUT2D eigenvalue weighted by atomic mass is 9.84. The molecular formula is C16H15F6N3O3S. The van der Waals surface area contributed by atoms with E-state index in [9.17, 15) is 34.8 Å². The van der Waals surface area contributed by atoms with Crippen LogP contribution in [0, 0.1) is 17.7 Å². The molecule has 2 aromatic rings. The Labute approximate surface area is 161 Å². The summed E-state index contributed by atoms with van der Waals surface area (Å²) < 4.78 is 110. The van der Waals surface area contributed by atoms with Crippen LogP contribution < -0.4 is 9.46 Å². The fourth-order valence-electron chi connectivity index (χ4n) is 3.15. The Hall–Kier alpha value is -2.44. The van der Waals surface area contributed by atoms with Crippen molar-refractivity contribution in [2.75, 3.05) is 4.72 Å². The van der Waals surface area contributed by atoms with Crippen LogP contribution in [0.1, 0.15) is 24.6 Å². The number of pyridine rings is 1. The second-order valence-electron chi connectivity index (χ2n) is 6.60. The molecule has 0 aliphatic heterocycles. The molecule has 1 unspecified atom stereocenters. The van der Waals surface area contributed by atoms with Gasteiger partial charge in [0.15, 0.2) is 17.4 Å². The highest BCUT2D eigenvalue weighted by Crippen LogP contribution is 2.38. The van der Waals surface area contributed by atoms with Gasteiger partial charge in [0.2, 0.25) is 5.92 Å². The molecule has 2 N–H and O–H groups in total. The quantitative estimate of drug-likeness (QED) is 0.525. The Bertz CT molecular complexity index is 1020. The predicted octanol–water partition coefficient (Wildman–Crippen LogP) is 3.85. The van der Waals surface area contributed by atoms with Gasteiger partial charge in [-0.25, -0.2) is 21.6 Å². The van der Waals surface area contributed by atoms with Crippen LogP contribution in [-0.4, -0.2) is 30.9 Å². The molecule has 1 aliphatic rings. The summed E-state index contributed by atoms with van der Waals surface area (Å²) in [5.74, 6) is -9.24. The zero-order valence-corrected chi connectivity index (χ0v) is 15.6. The Balaban J connectivity index is 1.87. The standard InChI is InChI=1S/C16H15F6N3O3S/c1-16(21,22)7-2-3-8-10(4-7)23-6-12(8)29(26,27)25-14-9(17)5-11(13(18)24-14)28-15(19)20/h5-7,15,23H,2-4H2,1H3,(H,24,25). The molecule has 1 aliphatic carbocycles. The number of halogens is 6. The van der Waals surface area contributed by atoms with E-state index in [4.69, 9.17) is 0 Å². The first-order valence-corrected chi connectivity index (χ1v) is 9.77. The lowest BCUT2D eigenvalue weighted by Crippen LogP contribution is -2.30. The van der Waals surface area contributed by atoms with Crippen LogP contribution in [0.3, 0.4) is 0 Å². The van der Waals surface area contributed by atoms with Crippen molar-refractivity contribution < 1.29 is 39.5 Å². The summed E-state index contributed by atoms with van der Waals surface area (Å²) in [7, 11) is -4.47. The van der Waals surface area contributed by atoms with E-state index in [2.05, 4.69) is 14.7 Å². The monoisotopic (exact) mass is 443 g/mol. The summed E-state index contributed by atoms with van der Waals surface area (Å²) in [6, 6.07) is 0.229. The fourth-order valence-corrected chi connectivity index (χ4v) is 4.42. The van der Waals surface area contributed by atoms with Gasteiger partial charge in [-0.15, -0.1) is 0 Å². The molecular weight excluding hydrogens is 428 g/mol. The summed E-state index contributed by atoms with van der Waals surface area (Å²) in [4.78, 5) is 5.29. The minimum atomic E-state index is -4.47. The minimum absolute atomic E-state index is 0.0363. The van der Waals surface area contributed by atoms with Crippen LogP contribution in [0.5, 0.6) is 5.75 Å². The molecule has 0 amide bonds. The first-order valence-electron chi connectivity index (χ1n) is 8.29. The first-order chi connectivity index (χ1) is 13.4. The third-order valence-electron chi connectivity index (χ3n) is 4.58. The van der Waals surface area contributed by atoms with Crippen molar-refractivity contribution in [2.45, 2.75) is 43.6 Å². The lowest BCUT2D eigenvalue weighted by molar-refractivity contribution is -0.0528. The number of ether oxygens (including phenoxy) is 1. The molecule has 160 valence electrons. The van der Waals surface area contributed by atoms with Crippen LogP contribution >= 0.6 is 0 Å². The van der Waals surface area contributed by atoms with Crippen molar-refractivity contribution in [3.8, 4) is 5.75 Å². The number of fused-ring (bicyclic) bond motifs is 1. The molecule has 13 heteroatoms. The van der Waals surface area contributed by atoms with E-state index in [1.807, 2.05) is 0 Å². The predicted molar refractivity (Wildman–Crippen MR) is 88.5 cm³/mol. The van der Waals surface area contributed by atoms with Crippen molar-refractivity contribution in [3.05, 3.63) is 35.3 Å². The number of aromatic nitrogens is 2. The zero-order valence-electron chi connectivity index (χ0n) is 14.8. The van der Waals surface area contributed by atoms with E-state index in [-0.39, 0.29) is 35.8 Å². The minimum Gasteiger partial charge on any atom is -0.430 e. The molecule has 0 radical (unpaired) electrons. The van der Waals surface area contributed by atoms with Crippen LogP contribution in [0.2, 0.25) is 0 Å². The van der Waals surface area contributed by atoms with Gasteiger partial charge in [0.05, 0.1) is 0 Å². The third-order valence-corrected chi connectivity index (χ3v) is 5.99. The normalized spacial score (nSPS) is 17.3. The van der Waals surface area contributed by atoms with Crippen LogP contribution in [0.25, 0.3) is 0 Å². The SMILES string of the molecule is CC(F)(F)C1CCc2c(S(=O)(=O)Nc3nc(F)c(OC(F)F)cc3F)c[nH]c2C1. The average Bonchev–Trinajstić information content (AvgIpc) is 3.02. The summed E-state index contributed by atoms with van der Waals surface area (Å²) in [6.07, 6.45) is 1.06. The number of sulfonamides is 1. The number of rotatable bonds is 6. The van der Waals surface area contributed by atoms with Gasteiger partial charge in [-0.1, -0.05) is 0 Å². The van der Waals surface area contributed by atoms with Gasteiger partial charge in [0, 0.05) is 23.9 Å². The Kier molecular flexibility index (Phi) is 5.45. The fraction of sp³-hybridized carbons (Fsp3) is 0.438. The highest BCUT2D eigenvalue weighted by Gasteiger charge is 2.38. The van der Waals surface area contributed by atoms with Gasteiger partial charge in [-0.2, -0.15) is 18.2 Å². The van der Waals surface area contributed by atoms with Crippen molar-refractivity contribution in [1.29, 1.82) is 0 Å². The van der Waals surface area contributed by atoms with E-state index in [0.717, 1.165) is 13.1 Å². The molecule has 0 spiro atoms. The molecule has 1 atom stereocenters.